The number of likely N-dealkylation sites (N-methyl/N-ethyl adjacent to an activating group) is 1. The summed E-state index contributed by atoms with van der Waals surface area (Å²) in [6.45, 7) is 6.87. The zero-order valence-corrected chi connectivity index (χ0v) is 10.2. The van der Waals surface area contributed by atoms with Crippen molar-refractivity contribution in [1.29, 1.82) is 0 Å². The molecule has 0 saturated carbocycles. The highest BCUT2D eigenvalue weighted by atomic mass is 127. The molecule has 1 rings (SSSR count). The van der Waals surface area contributed by atoms with Gasteiger partial charge in [-0.05, 0) is 41.6 Å². The van der Waals surface area contributed by atoms with Crippen LogP contribution in [0, 0.1) is 3.57 Å². The molecule has 0 N–H and O–H groups in total. The fourth-order valence-electron chi connectivity index (χ4n) is 1.25. The van der Waals surface area contributed by atoms with Crippen LogP contribution in [-0.4, -0.2) is 13.6 Å². The molecule has 13 heavy (non-hydrogen) atoms. The molecule has 0 aliphatic heterocycles. The van der Waals surface area contributed by atoms with E-state index in [0.717, 1.165) is 6.54 Å². The Kier molecular flexibility index (Phi) is 3.78. The van der Waals surface area contributed by atoms with Crippen molar-refractivity contribution in [2.24, 2.45) is 0 Å². The molecule has 0 spiro atoms. The first-order valence-corrected chi connectivity index (χ1v) is 5.29. The van der Waals surface area contributed by atoms with Gasteiger partial charge < -0.3 is 4.90 Å². The van der Waals surface area contributed by atoms with Crippen LogP contribution in [0.15, 0.2) is 36.4 Å². The fourth-order valence-corrected chi connectivity index (χ4v) is 2.05. The molecule has 0 radical (unpaired) electrons. The summed E-state index contributed by atoms with van der Waals surface area (Å²) in [6, 6.07) is 8.36. The smallest absolute Gasteiger partial charge is 0.0502 e. The molecule has 70 valence electrons. The SMILES string of the molecule is C=C(C)CN(C)c1ccccc1I. The minimum atomic E-state index is 0.917. The standard InChI is InChI=1S/C11H14IN/c1-9(2)8-13(3)11-7-5-4-6-10(11)12/h4-7H,1,8H2,2-3H3. The number of nitrogens with zero attached hydrogens (tertiary/aromatic N) is 1. The van der Waals surface area contributed by atoms with E-state index in [0.29, 0.717) is 0 Å². The average molecular weight is 287 g/mol. The minimum absolute atomic E-state index is 0.917. The number of rotatable bonds is 3. The van der Waals surface area contributed by atoms with E-state index in [9.17, 15) is 0 Å². The topological polar surface area (TPSA) is 3.24 Å². The van der Waals surface area contributed by atoms with Crippen molar-refractivity contribution in [2.45, 2.75) is 6.92 Å². The van der Waals surface area contributed by atoms with Gasteiger partial charge in [-0.1, -0.05) is 24.3 Å². The predicted molar refractivity (Wildman–Crippen MR) is 67.2 cm³/mol. The van der Waals surface area contributed by atoms with Gasteiger partial charge in [-0.25, -0.2) is 0 Å². The van der Waals surface area contributed by atoms with Gasteiger partial charge in [0.1, 0.15) is 0 Å². The van der Waals surface area contributed by atoms with Crippen molar-refractivity contribution in [3.63, 3.8) is 0 Å². The van der Waals surface area contributed by atoms with Crippen molar-refractivity contribution in [3.05, 3.63) is 40.0 Å². The first kappa shape index (κ1) is 10.6. The molecule has 0 unspecified atom stereocenters. The summed E-state index contributed by atoms with van der Waals surface area (Å²) in [4.78, 5) is 2.21. The van der Waals surface area contributed by atoms with Gasteiger partial charge in [-0.15, -0.1) is 0 Å². The van der Waals surface area contributed by atoms with Crippen LogP contribution in [0.5, 0.6) is 0 Å². The number of para-hydroxylation sites is 1. The number of halogens is 1. The highest BCUT2D eigenvalue weighted by molar-refractivity contribution is 14.1. The average Bonchev–Trinajstić information content (AvgIpc) is 2.03. The highest BCUT2D eigenvalue weighted by Crippen LogP contribution is 2.20. The third-order valence-corrected chi connectivity index (χ3v) is 2.68. The predicted octanol–water partition coefficient (Wildman–Crippen LogP) is 3.30. The Morgan fingerprint density at radius 2 is 2.08 bits per heavy atom. The summed E-state index contributed by atoms with van der Waals surface area (Å²) in [5.41, 5.74) is 2.45. The van der Waals surface area contributed by atoms with Gasteiger partial charge >= 0.3 is 0 Å². The maximum Gasteiger partial charge on any atom is 0.0502 e. The van der Waals surface area contributed by atoms with Crippen LogP contribution < -0.4 is 4.90 Å². The Morgan fingerprint density at radius 1 is 1.46 bits per heavy atom. The van der Waals surface area contributed by atoms with Gasteiger partial charge in [0, 0.05) is 17.2 Å². The first-order valence-electron chi connectivity index (χ1n) is 4.21. The lowest BCUT2D eigenvalue weighted by Crippen LogP contribution is -2.19. The number of hydrogen-bond acceptors (Lipinski definition) is 1. The van der Waals surface area contributed by atoms with E-state index >= 15 is 0 Å². The number of benzene rings is 1. The molecule has 1 aromatic rings. The Balaban J connectivity index is 2.82. The molecule has 0 aromatic heterocycles. The zero-order valence-electron chi connectivity index (χ0n) is 8.05. The van der Waals surface area contributed by atoms with E-state index in [1.165, 1.54) is 14.8 Å². The second-order valence-electron chi connectivity index (χ2n) is 3.26. The lowest BCUT2D eigenvalue weighted by Gasteiger charge is -2.20. The van der Waals surface area contributed by atoms with E-state index in [1.54, 1.807) is 0 Å². The molecule has 2 heteroatoms. The largest absolute Gasteiger partial charge is 0.370 e. The van der Waals surface area contributed by atoms with Crippen LogP contribution in [0.2, 0.25) is 0 Å². The zero-order chi connectivity index (χ0) is 9.84. The lowest BCUT2D eigenvalue weighted by atomic mass is 10.2. The summed E-state index contributed by atoms with van der Waals surface area (Å²) < 4.78 is 1.28. The first-order chi connectivity index (χ1) is 6.11. The molecular weight excluding hydrogens is 273 g/mol. The van der Waals surface area contributed by atoms with Crippen LogP contribution >= 0.6 is 22.6 Å². The van der Waals surface area contributed by atoms with E-state index in [-0.39, 0.29) is 0 Å². The fraction of sp³-hybridized carbons (Fsp3) is 0.273. The normalized spacial score (nSPS) is 9.77. The maximum absolute atomic E-state index is 3.91. The van der Waals surface area contributed by atoms with E-state index in [4.69, 9.17) is 0 Å². The monoisotopic (exact) mass is 287 g/mol. The molecule has 0 aliphatic rings. The van der Waals surface area contributed by atoms with Crippen molar-refractivity contribution < 1.29 is 0 Å². The number of anilines is 1. The van der Waals surface area contributed by atoms with Crippen molar-refractivity contribution in [2.75, 3.05) is 18.5 Å². The lowest BCUT2D eigenvalue weighted by molar-refractivity contribution is 0.982. The third-order valence-electron chi connectivity index (χ3n) is 1.77. The summed E-state index contributed by atoms with van der Waals surface area (Å²) in [5, 5.41) is 0. The molecule has 0 saturated heterocycles. The van der Waals surface area contributed by atoms with Gasteiger partial charge in [0.25, 0.3) is 0 Å². The Hall–Kier alpha value is -0.510. The summed E-state index contributed by atoms with van der Waals surface area (Å²) in [6.07, 6.45) is 0. The molecule has 1 nitrogen and oxygen atoms in total. The maximum atomic E-state index is 3.91. The summed E-state index contributed by atoms with van der Waals surface area (Å²) in [5.74, 6) is 0. The second kappa shape index (κ2) is 4.65. The van der Waals surface area contributed by atoms with E-state index < -0.39 is 0 Å². The molecule has 1 aromatic carbocycles. The molecule has 0 atom stereocenters. The van der Waals surface area contributed by atoms with Crippen molar-refractivity contribution in [3.8, 4) is 0 Å². The quantitative estimate of drug-likeness (QED) is 0.609. The Bertz CT molecular complexity index is 307. The number of hydrogen-bond donors (Lipinski definition) is 0. The van der Waals surface area contributed by atoms with Gasteiger partial charge in [-0.3, -0.25) is 0 Å². The van der Waals surface area contributed by atoms with Crippen LogP contribution in [0.4, 0.5) is 5.69 Å². The van der Waals surface area contributed by atoms with E-state index in [2.05, 4.69) is 65.4 Å². The van der Waals surface area contributed by atoms with Crippen LogP contribution in [0.1, 0.15) is 6.92 Å². The molecule has 0 aliphatic carbocycles. The van der Waals surface area contributed by atoms with Gasteiger partial charge in [0.2, 0.25) is 0 Å². The minimum Gasteiger partial charge on any atom is -0.370 e. The van der Waals surface area contributed by atoms with E-state index in [1.807, 2.05) is 6.92 Å². The third kappa shape index (κ3) is 3.03. The van der Waals surface area contributed by atoms with Crippen LogP contribution in [-0.2, 0) is 0 Å². The summed E-state index contributed by atoms with van der Waals surface area (Å²) in [7, 11) is 2.09. The second-order valence-corrected chi connectivity index (χ2v) is 4.43. The molecular formula is C11H14IN. The Morgan fingerprint density at radius 3 is 2.62 bits per heavy atom. The summed E-state index contributed by atoms with van der Waals surface area (Å²) >= 11 is 2.35. The molecule has 0 heterocycles. The molecule has 0 bridgehead atoms. The Labute approximate surface area is 93.6 Å². The van der Waals surface area contributed by atoms with Crippen molar-refractivity contribution in [1.82, 2.24) is 0 Å². The van der Waals surface area contributed by atoms with Gasteiger partial charge in [0.15, 0.2) is 0 Å². The van der Waals surface area contributed by atoms with Crippen LogP contribution in [0.3, 0.4) is 0 Å². The van der Waals surface area contributed by atoms with Crippen LogP contribution in [0.25, 0.3) is 0 Å². The molecule has 0 fully saturated rings. The van der Waals surface area contributed by atoms with Gasteiger partial charge in [0.05, 0.1) is 5.69 Å². The van der Waals surface area contributed by atoms with Crippen molar-refractivity contribution >= 4 is 28.3 Å². The molecule has 0 amide bonds. The highest BCUT2D eigenvalue weighted by Gasteiger charge is 2.03. The van der Waals surface area contributed by atoms with Gasteiger partial charge in [-0.2, -0.15) is 0 Å².